The van der Waals surface area contributed by atoms with Crippen molar-refractivity contribution >= 4 is 17.7 Å². The average Bonchev–Trinajstić information content (AvgIpc) is 2.22. The number of thioether (sulfide) groups is 1. The number of carbonyl (C=O) groups is 1. The van der Waals surface area contributed by atoms with Crippen LogP contribution >= 0.6 is 11.8 Å². The molecule has 0 saturated heterocycles. The number of carbonyl (C=O) groups excluding carboxylic acids is 1. The average molecular weight is 246 g/mol. The van der Waals surface area contributed by atoms with Gasteiger partial charge in [-0.1, -0.05) is 0 Å². The van der Waals surface area contributed by atoms with Crippen LogP contribution in [0.4, 0.5) is 8.78 Å². The van der Waals surface area contributed by atoms with Gasteiger partial charge in [0.15, 0.2) is 0 Å². The largest absolute Gasteiger partial charge is 0.465 e. The van der Waals surface area contributed by atoms with E-state index in [4.69, 9.17) is 4.74 Å². The molecule has 5 heteroatoms. The normalized spacial score (nSPS) is 12.2. The highest BCUT2D eigenvalue weighted by Gasteiger charge is 2.17. The van der Waals surface area contributed by atoms with Crippen molar-refractivity contribution in [3.63, 3.8) is 0 Å². The Kier molecular flexibility index (Phi) is 4.73. The van der Waals surface area contributed by atoms with Crippen LogP contribution in [0.25, 0.3) is 0 Å². The van der Waals surface area contributed by atoms with Gasteiger partial charge in [-0.15, -0.1) is 11.8 Å². The smallest absolute Gasteiger partial charge is 0.319 e. The summed E-state index contributed by atoms with van der Waals surface area (Å²) in [5.41, 5.74) is 0. The Labute approximate surface area is 97.0 Å². The molecule has 16 heavy (non-hydrogen) atoms. The molecule has 0 saturated carbocycles. The second-order valence-corrected chi connectivity index (χ2v) is 4.47. The number of ether oxygens (including phenoxy) is 1. The molecule has 0 aromatic heterocycles. The number of halogens is 2. The lowest BCUT2D eigenvalue weighted by atomic mass is 10.3. The zero-order chi connectivity index (χ0) is 12.1. The topological polar surface area (TPSA) is 26.3 Å². The first-order valence-corrected chi connectivity index (χ1v) is 5.71. The van der Waals surface area contributed by atoms with Crippen LogP contribution in [0.3, 0.4) is 0 Å². The van der Waals surface area contributed by atoms with E-state index >= 15 is 0 Å². The lowest BCUT2D eigenvalue weighted by Gasteiger charge is -2.10. The minimum Gasteiger partial charge on any atom is -0.465 e. The molecule has 1 atom stereocenters. The van der Waals surface area contributed by atoms with Crippen LogP contribution in [-0.4, -0.2) is 17.8 Å². The molecule has 1 unspecified atom stereocenters. The summed E-state index contributed by atoms with van der Waals surface area (Å²) in [6.45, 7) is 3.61. The van der Waals surface area contributed by atoms with Gasteiger partial charge < -0.3 is 4.74 Å². The molecule has 0 bridgehead atoms. The van der Waals surface area contributed by atoms with Crippen molar-refractivity contribution in [2.45, 2.75) is 24.0 Å². The second-order valence-electron chi connectivity index (χ2n) is 3.09. The Balaban J connectivity index is 2.69. The van der Waals surface area contributed by atoms with Gasteiger partial charge in [0.05, 0.1) is 6.61 Å². The number of benzene rings is 1. The number of esters is 1. The Hall–Kier alpha value is -1.10. The molecule has 1 rings (SSSR count). The summed E-state index contributed by atoms with van der Waals surface area (Å²) < 4.78 is 30.7. The number of hydrogen-bond acceptors (Lipinski definition) is 3. The van der Waals surface area contributed by atoms with Crippen LogP contribution in [0.2, 0.25) is 0 Å². The van der Waals surface area contributed by atoms with E-state index < -0.39 is 22.9 Å². The van der Waals surface area contributed by atoms with Crippen LogP contribution in [-0.2, 0) is 9.53 Å². The molecule has 0 radical (unpaired) electrons. The minimum atomic E-state index is -0.666. The molecule has 2 nitrogen and oxygen atoms in total. The number of hydrogen-bond donors (Lipinski definition) is 0. The van der Waals surface area contributed by atoms with Gasteiger partial charge in [-0.2, -0.15) is 0 Å². The van der Waals surface area contributed by atoms with Gasteiger partial charge in [0.2, 0.25) is 0 Å². The highest BCUT2D eigenvalue weighted by Crippen LogP contribution is 2.27. The highest BCUT2D eigenvalue weighted by molar-refractivity contribution is 8.00. The minimum absolute atomic E-state index is 0.238. The van der Waals surface area contributed by atoms with Crippen molar-refractivity contribution in [2.24, 2.45) is 0 Å². The van der Waals surface area contributed by atoms with E-state index in [1.165, 1.54) is 6.07 Å². The van der Waals surface area contributed by atoms with Crippen molar-refractivity contribution in [3.8, 4) is 0 Å². The monoisotopic (exact) mass is 246 g/mol. The van der Waals surface area contributed by atoms with Gasteiger partial charge in [-0.05, 0) is 26.0 Å². The maximum Gasteiger partial charge on any atom is 0.319 e. The fourth-order valence-corrected chi connectivity index (χ4v) is 1.93. The molecule has 0 aliphatic carbocycles. The fourth-order valence-electron chi connectivity index (χ4n) is 1.07. The Bertz CT molecular complexity index is 382. The van der Waals surface area contributed by atoms with E-state index in [1.54, 1.807) is 13.8 Å². The first kappa shape index (κ1) is 13.0. The Morgan fingerprint density at radius 2 is 2.19 bits per heavy atom. The molecular formula is C11H12F2O2S. The van der Waals surface area contributed by atoms with Gasteiger partial charge in [-0.3, -0.25) is 4.79 Å². The molecule has 0 heterocycles. The van der Waals surface area contributed by atoms with Gasteiger partial charge in [-0.25, -0.2) is 8.78 Å². The standard InChI is InChI=1S/C11H12F2O2S/c1-3-15-11(14)7(2)16-10-5-4-8(12)6-9(10)13/h4-7H,3H2,1-2H3. The second kappa shape index (κ2) is 5.84. The molecule has 0 amide bonds. The van der Waals surface area contributed by atoms with Crippen molar-refractivity contribution in [2.75, 3.05) is 6.61 Å². The quantitative estimate of drug-likeness (QED) is 0.603. The van der Waals surface area contributed by atoms with Crippen LogP contribution < -0.4 is 0 Å². The van der Waals surface area contributed by atoms with Gasteiger partial charge >= 0.3 is 5.97 Å². The lowest BCUT2D eigenvalue weighted by Crippen LogP contribution is -2.16. The molecule has 88 valence electrons. The molecule has 1 aromatic carbocycles. The van der Waals surface area contributed by atoms with E-state index in [0.29, 0.717) is 0 Å². The fraction of sp³-hybridized carbons (Fsp3) is 0.364. The van der Waals surface area contributed by atoms with E-state index in [0.717, 1.165) is 23.9 Å². The van der Waals surface area contributed by atoms with E-state index in [2.05, 4.69) is 0 Å². The van der Waals surface area contributed by atoms with Gasteiger partial charge in [0.25, 0.3) is 0 Å². The zero-order valence-corrected chi connectivity index (χ0v) is 9.81. The molecule has 0 aliphatic rings. The third-order valence-electron chi connectivity index (χ3n) is 1.82. The summed E-state index contributed by atoms with van der Waals surface area (Å²) in [7, 11) is 0. The summed E-state index contributed by atoms with van der Waals surface area (Å²) in [4.78, 5) is 11.5. The lowest BCUT2D eigenvalue weighted by molar-refractivity contribution is -0.142. The van der Waals surface area contributed by atoms with Crippen molar-refractivity contribution in [1.29, 1.82) is 0 Å². The molecule has 0 aliphatic heterocycles. The zero-order valence-electron chi connectivity index (χ0n) is 9.00. The third kappa shape index (κ3) is 3.48. The molecule has 0 N–H and O–H groups in total. The van der Waals surface area contributed by atoms with Crippen molar-refractivity contribution in [1.82, 2.24) is 0 Å². The molecular weight excluding hydrogens is 234 g/mol. The predicted molar refractivity (Wildman–Crippen MR) is 58.3 cm³/mol. The maximum atomic E-state index is 13.2. The van der Waals surface area contributed by atoms with Gasteiger partial charge in [0, 0.05) is 11.0 Å². The van der Waals surface area contributed by atoms with Crippen LogP contribution in [0.5, 0.6) is 0 Å². The predicted octanol–water partition coefficient (Wildman–Crippen LogP) is 3.01. The summed E-state index contributed by atoms with van der Waals surface area (Å²) >= 11 is 1.01. The van der Waals surface area contributed by atoms with Gasteiger partial charge in [0.1, 0.15) is 16.9 Å². The summed E-state index contributed by atoms with van der Waals surface area (Å²) in [5.74, 6) is -1.71. The SMILES string of the molecule is CCOC(=O)C(C)Sc1ccc(F)cc1F. The molecule has 1 aromatic rings. The van der Waals surface area contributed by atoms with E-state index in [9.17, 15) is 13.6 Å². The molecule has 0 spiro atoms. The van der Waals surface area contributed by atoms with Crippen LogP contribution in [0.15, 0.2) is 23.1 Å². The Morgan fingerprint density at radius 1 is 1.50 bits per heavy atom. The van der Waals surface area contributed by atoms with E-state index in [-0.39, 0.29) is 11.5 Å². The number of rotatable bonds is 4. The first-order valence-electron chi connectivity index (χ1n) is 4.83. The summed E-state index contributed by atoms with van der Waals surface area (Å²) in [6.07, 6.45) is 0. The summed E-state index contributed by atoms with van der Waals surface area (Å²) in [6, 6.07) is 3.26. The molecule has 0 fully saturated rings. The first-order chi connectivity index (χ1) is 7.54. The third-order valence-corrected chi connectivity index (χ3v) is 2.95. The Morgan fingerprint density at radius 3 is 2.75 bits per heavy atom. The van der Waals surface area contributed by atoms with Crippen LogP contribution in [0.1, 0.15) is 13.8 Å². The van der Waals surface area contributed by atoms with Crippen LogP contribution in [0, 0.1) is 11.6 Å². The highest BCUT2D eigenvalue weighted by atomic mass is 32.2. The maximum absolute atomic E-state index is 13.2. The van der Waals surface area contributed by atoms with Crippen molar-refractivity contribution < 1.29 is 18.3 Å². The van der Waals surface area contributed by atoms with E-state index in [1.807, 2.05) is 0 Å². The summed E-state index contributed by atoms with van der Waals surface area (Å²) in [5, 5.41) is -0.514. The van der Waals surface area contributed by atoms with Crippen molar-refractivity contribution in [3.05, 3.63) is 29.8 Å².